The predicted molar refractivity (Wildman–Crippen MR) is 82.8 cm³/mol. The van der Waals surface area contributed by atoms with Gasteiger partial charge >= 0.3 is 5.69 Å². The lowest BCUT2D eigenvalue weighted by molar-refractivity contribution is -0.384. The topological polar surface area (TPSA) is 100 Å². The highest BCUT2D eigenvalue weighted by Crippen LogP contribution is 2.25. The number of aliphatic hydroxyl groups is 1. The van der Waals surface area contributed by atoms with E-state index in [1.54, 1.807) is 6.07 Å². The van der Waals surface area contributed by atoms with Crippen LogP contribution in [0.3, 0.4) is 0 Å². The predicted octanol–water partition coefficient (Wildman–Crippen LogP) is 2.63. The fourth-order valence-electron chi connectivity index (χ4n) is 1.78. The second-order valence-electron chi connectivity index (χ2n) is 4.31. The molecule has 0 spiro atoms. The van der Waals surface area contributed by atoms with Crippen molar-refractivity contribution in [2.24, 2.45) is 0 Å². The number of nitrogens with one attached hydrogen (secondary N) is 2. The molecule has 0 bridgehead atoms. The van der Waals surface area contributed by atoms with Gasteiger partial charge in [-0.3, -0.25) is 10.1 Å². The summed E-state index contributed by atoms with van der Waals surface area (Å²) in [5, 5.41) is 30.6. The number of rotatable bonds is 7. The van der Waals surface area contributed by atoms with E-state index < -0.39 is 11.0 Å². The molecule has 112 valence electrons. The van der Waals surface area contributed by atoms with E-state index in [9.17, 15) is 15.2 Å². The van der Waals surface area contributed by atoms with Crippen LogP contribution in [-0.4, -0.2) is 28.1 Å². The molecule has 7 nitrogen and oxygen atoms in total. The van der Waals surface area contributed by atoms with Crippen LogP contribution in [0, 0.1) is 10.1 Å². The molecule has 3 N–H and O–H groups in total. The van der Waals surface area contributed by atoms with Crippen molar-refractivity contribution in [2.45, 2.75) is 13.0 Å². The SMILES string of the molecule is CCNc1ccc([N+](=O)[O-])c(NCC(O)c2ccsc2)n1. The zero-order chi connectivity index (χ0) is 15.2. The molecule has 0 aliphatic heterocycles. The fourth-order valence-corrected chi connectivity index (χ4v) is 2.49. The van der Waals surface area contributed by atoms with Crippen molar-refractivity contribution >= 4 is 28.7 Å². The van der Waals surface area contributed by atoms with Gasteiger partial charge in [0, 0.05) is 19.2 Å². The van der Waals surface area contributed by atoms with E-state index in [2.05, 4.69) is 15.6 Å². The first-order valence-corrected chi connectivity index (χ1v) is 7.39. The van der Waals surface area contributed by atoms with Crippen LogP contribution in [0.2, 0.25) is 0 Å². The van der Waals surface area contributed by atoms with Crippen molar-refractivity contribution in [2.75, 3.05) is 23.7 Å². The number of thiophene rings is 1. The number of aromatic nitrogens is 1. The van der Waals surface area contributed by atoms with Gasteiger partial charge in [0.15, 0.2) is 0 Å². The molecule has 0 amide bonds. The zero-order valence-electron chi connectivity index (χ0n) is 11.4. The summed E-state index contributed by atoms with van der Waals surface area (Å²) < 4.78 is 0. The summed E-state index contributed by atoms with van der Waals surface area (Å²) in [6, 6.07) is 4.76. The molecule has 21 heavy (non-hydrogen) atoms. The van der Waals surface area contributed by atoms with E-state index in [-0.39, 0.29) is 18.1 Å². The van der Waals surface area contributed by atoms with Crippen LogP contribution >= 0.6 is 11.3 Å². The number of nitro groups is 1. The molecule has 8 heteroatoms. The van der Waals surface area contributed by atoms with Crippen molar-refractivity contribution in [3.63, 3.8) is 0 Å². The molecule has 2 heterocycles. The molecule has 0 saturated heterocycles. The normalized spacial score (nSPS) is 11.9. The number of hydrogen-bond acceptors (Lipinski definition) is 7. The molecule has 2 rings (SSSR count). The van der Waals surface area contributed by atoms with Gasteiger partial charge in [-0.1, -0.05) is 0 Å². The van der Waals surface area contributed by atoms with E-state index in [1.807, 2.05) is 23.8 Å². The summed E-state index contributed by atoms with van der Waals surface area (Å²) >= 11 is 1.49. The lowest BCUT2D eigenvalue weighted by Gasteiger charge is -2.12. The summed E-state index contributed by atoms with van der Waals surface area (Å²) in [6.07, 6.45) is -0.736. The Kier molecular flexibility index (Phi) is 5.07. The second-order valence-corrected chi connectivity index (χ2v) is 5.09. The number of pyridine rings is 1. The van der Waals surface area contributed by atoms with E-state index in [4.69, 9.17) is 0 Å². The van der Waals surface area contributed by atoms with Crippen LogP contribution in [0.5, 0.6) is 0 Å². The van der Waals surface area contributed by atoms with Crippen LogP contribution in [-0.2, 0) is 0 Å². The molecule has 2 aromatic rings. The summed E-state index contributed by atoms with van der Waals surface area (Å²) in [7, 11) is 0. The summed E-state index contributed by atoms with van der Waals surface area (Å²) in [5.74, 6) is 0.698. The van der Waals surface area contributed by atoms with Crippen molar-refractivity contribution < 1.29 is 10.0 Å². The Balaban J connectivity index is 2.13. The van der Waals surface area contributed by atoms with Crippen LogP contribution in [0.15, 0.2) is 29.0 Å². The van der Waals surface area contributed by atoms with Gasteiger partial charge in [0.05, 0.1) is 11.0 Å². The van der Waals surface area contributed by atoms with Gasteiger partial charge in [-0.15, -0.1) is 0 Å². The summed E-state index contributed by atoms with van der Waals surface area (Å²) in [5.41, 5.74) is 0.659. The maximum atomic E-state index is 11.0. The number of nitrogens with zero attached hydrogens (tertiary/aromatic N) is 2. The van der Waals surface area contributed by atoms with Crippen molar-refractivity contribution in [3.05, 3.63) is 44.6 Å². The standard InChI is InChI=1S/C13H16N4O3S/c1-2-14-12-4-3-10(17(19)20)13(16-12)15-7-11(18)9-5-6-21-8-9/h3-6,8,11,18H,2,7H2,1H3,(H2,14,15,16). The minimum Gasteiger partial charge on any atom is -0.387 e. The maximum absolute atomic E-state index is 11.0. The van der Waals surface area contributed by atoms with Crippen LogP contribution in [0.4, 0.5) is 17.3 Å². The Hall–Kier alpha value is -2.19. The van der Waals surface area contributed by atoms with Crippen molar-refractivity contribution in [3.8, 4) is 0 Å². The molecule has 0 radical (unpaired) electrons. The lowest BCUT2D eigenvalue weighted by atomic mass is 10.2. The van der Waals surface area contributed by atoms with Gasteiger partial charge in [-0.25, -0.2) is 4.98 Å². The Bertz CT molecular complexity index is 603. The summed E-state index contributed by atoms with van der Waals surface area (Å²) in [4.78, 5) is 14.7. The molecule has 0 fully saturated rings. The van der Waals surface area contributed by atoms with Crippen molar-refractivity contribution in [1.29, 1.82) is 0 Å². The Morgan fingerprint density at radius 2 is 2.24 bits per heavy atom. The smallest absolute Gasteiger partial charge is 0.311 e. The number of hydrogen-bond donors (Lipinski definition) is 3. The summed E-state index contributed by atoms with van der Waals surface area (Å²) in [6.45, 7) is 2.73. The van der Waals surface area contributed by atoms with E-state index in [1.165, 1.54) is 17.4 Å². The maximum Gasteiger partial charge on any atom is 0.311 e. The lowest BCUT2D eigenvalue weighted by Crippen LogP contribution is -2.14. The third-order valence-corrected chi connectivity index (χ3v) is 3.52. The number of anilines is 2. The first-order chi connectivity index (χ1) is 10.1. The second kappa shape index (κ2) is 7.00. The van der Waals surface area contributed by atoms with E-state index in [0.717, 1.165) is 5.56 Å². The van der Waals surface area contributed by atoms with E-state index in [0.29, 0.717) is 12.4 Å². The third kappa shape index (κ3) is 3.89. The highest BCUT2D eigenvalue weighted by molar-refractivity contribution is 7.07. The quantitative estimate of drug-likeness (QED) is 0.537. The molecular weight excluding hydrogens is 292 g/mol. The first-order valence-electron chi connectivity index (χ1n) is 6.45. The molecule has 0 aromatic carbocycles. The number of aliphatic hydroxyl groups excluding tert-OH is 1. The van der Waals surface area contributed by atoms with Crippen LogP contribution in [0.1, 0.15) is 18.6 Å². The molecular formula is C13H16N4O3S. The third-order valence-electron chi connectivity index (χ3n) is 2.82. The Morgan fingerprint density at radius 1 is 1.43 bits per heavy atom. The average molecular weight is 308 g/mol. The average Bonchev–Trinajstić information content (AvgIpc) is 2.99. The molecule has 0 aliphatic carbocycles. The van der Waals surface area contributed by atoms with Crippen LogP contribution in [0.25, 0.3) is 0 Å². The van der Waals surface area contributed by atoms with Gasteiger partial charge in [0.1, 0.15) is 5.82 Å². The van der Waals surface area contributed by atoms with Crippen LogP contribution < -0.4 is 10.6 Å². The molecule has 1 unspecified atom stereocenters. The first kappa shape index (κ1) is 15.2. The van der Waals surface area contributed by atoms with Gasteiger partial charge in [-0.2, -0.15) is 11.3 Å². The highest BCUT2D eigenvalue weighted by atomic mass is 32.1. The Morgan fingerprint density at radius 3 is 2.86 bits per heavy atom. The van der Waals surface area contributed by atoms with Gasteiger partial charge < -0.3 is 15.7 Å². The monoisotopic (exact) mass is 308 g/mol. The van der Waals surface area contributed by atoms with E-state index >= 15 is 0 Å². The zero-order valence-corrected chi connectivity index (χ0v) is 12.3. The van der Waals surface area contributed by atoms with Gasteiger partial charge in [0.25, 0.3) is 0 Å². The Labute approximate surface area is 125 Å². The fraction of sp³-hybridized carbons (Fsp3) is 0.308. The minimum absolute atomic E-state index is 0.117. The molecule has 0 saturated carbocycles. The van der Waals surface area contributed by atoms with Gasteiger partial charge in [-0.05, 0) is 35.4 Å². The minimum atomic E-state index is -0.736. The van der Waals surface area contributed by atoms with Crippen molar-refractivity contribution in [1.82, 2.24) is 4.98 Å². The largest absolute Gasteiger partial charge is 0.387 e. The molecule has 0 aliphatic rings. The molecule has 1 atom stereocenters. The molecule has 2 aromatic heterocycles. The highest BCUT2D eigenvalue weighted by Gasteiger charge is 2.17. The van der Waals surface area contributed by atoms with Gasteiger partial charge in [0.2, 0.25) is 5.82 Å².